The van der Waals surface area contributed by atoms with E-state index in [2.05, 4.69) is 21.4 Å². The standard InChI is InChI=1S/C6H6BrN3O2/c7-5-2-1-4(9-8)3-6(5)10(11)12/h1-3,9H,8H2. The van der Waals surface area contributed by atoms with Crippen molar-refractivity contribution in [2.24, 2.45) is 5.84 Å². The van der Waals surface area contributed by atoms with Crippen molar-refractivity contribution < 1.29 is 4.92 Å². The van der Waals surface area contributed by atoms with Gasteiger partial charge in [-0.3, -0.25) is 16.0 Å². The van der Waals surface area contributed by atoms with Crippen LogP contribution in [0.25, 0.3) is 0 Å². The van der Waals surface area contributed by atoms with Crippen molar-refractivity contribution in [2.75, 3.05) is 5.43 Å². The molecule has 1 aromatic carbocycles. The fraction of sp³-hybridized carbons (Fsp3) is 0. The summed E-state index contributed by atoms with van der Waals surface area (Å²) in [5, 5.41) is 10.4. The monoisotopic (exact) mass is 231 g/mol. The van der Waals surface area contributed by atoms with E-state index in [1.54, 1.807) is 12.1 Å². The van der Waals surface area contributed by atoms with Crippen LogP contribution in [0.1, 0.15) is 0 Å². The zero-order valence-electron chi connectivity index (χ0n) is 5.95. The minimum Gasteiger partial charge on any atom is -0.324 e. The number of nitrogens with two attached hydrogens (primary N) is 1. The van der Waals surface area contributed by atoms with Crippen LogP contribution in [0.5, 0.6) is 0 Å². The summed E-state index contributed by atoms with van der Waals surface area (Å²) in [4.78, 5) is 9.92. The molecule has 0 bridgehead atoms. The topological polar surface area (TPSA) is 81.2 Å². The molecule has 0 fully saturated rings. The van der Waals surface area contributed by atoms with Crippen molar-refractivity contribution in [3.63, 3.8) is 0 Å². The van der Waals surface area contributed by atoms with E-state index in [0.29, 0.717) is 10.2 Å². The van der Waals surface area contributed by atoms with Crippen molar-refractivity contribution in [1.29, 1.82) is 0 Å². The molecule has 0 aromatic heterocycles. The molecule has 64 valence electrons. The molecule has 0 saturated carbocycles. The van der Waals surface area contributed by atoms with E-state index >= 15 is 0 Å². The van der Waals surface area contributed by atoms with E-state index in [0.717, 1.165) is 0 Å². The number of nitrogens with zero attached hydrogens (tertiary/aromatic N) is 1. The summed E-state index contributed by atoms with van der Waals surface area (Å²) in [5.74, 6) is 5.08. The number of hydrogen-bond donors (Lipinski definition) is 2. The molecule has 0 atom stereocenters. The number of nitrogen functional groups attached to an aromatic ring is 1. The summed E-state index contributed by atoms with van der Waals surface area (Å²) < 4.78 is 0.437. The minimum absolute atomic E-state index is 0.00884. The summed E-state index contributed by atoms with van der Waals surface area (Å²) in [5.41, 5.74) is 2.82. The van der Waals surface area contributed by atoms with E-state index in [4.69, 9.17) is 5.84 Å². The van der Waals surface area contributed by atoms with Crippen LogP contribution in [0.3, 0.4) is 0 Å². The molecule has 12 heavy (non-hydrogen) atoms. The molecule has 0 aliphatic heterocycles. The van der Waals surface area contributed by atoms with Gasteiger partial charge >= 0.3 is 0 Å². The maximum Gasteiger partial charge on any atom is 0.285 e. The number of anilines is 1. The minimum atomic E-state index is -0.481. The van der Waals surface area contributed by atoms with Crippen LogP contribution in [0.2, 0.25) is 0 Å². The van der Waals surface area contributed by atoms with Gasteiger partial charge in [-0.1, -0.05) is 0 Å². The Kier molecular flexibility index (Phi) is 2.61. The van der Waals surface area contributed by atoms with Crippen LogP contribution in [0.4, 0.5) is 11.4 Å². The number of hydrogen-bond acceptors (Lipinski definition) is 4. The summed E-state index contributed by atoms with van der Waals surface area (Å²) >= 11 is 3.05. The van der Waals surface area contributed by atoms with Crippen molar-refractivity contribution >= 4 is 27.3 Å². The number of halogens is 1. The van der Waals surface area contributed by atoms with E-state index < -0.39 is 4.92 Å². The molecule has 0 amide bonds. The molecular formula is C6H6BrN3O2. The smallest absolute Gasteiger partial charge is 0.285 e. The quantitative estimate of drug-likeness (QED) is 0.461. The first kappa shape index (κ1) is 8.95. The van der Waals surface area contributed by atoms with Gasteiger partial charge in [-0.2, -0.15) is 0 Å². The Morgan fingerprint density at radius 1 is 1.58 bits per heavy atom. The summed E-state index contributed by atoms with van der Waals surface area (Å²) in [7, 11) is 0. The summed E-state index contributed by atoms with van der Waals surface area (Å²) in [6.07, 6.45) is 0. The van der Waals surface area contributed by atoms with Gasteiger partial charge in [0.15, 0.2) is 0 Å². The van der Waals surface area contributed by atoms with Crippen LogP contribution in [-0.4, -0.2) is 4.92 Å². The van der Waals surface area contributed by atoms with Crippen LogP contribution in [0.15, 0.2) is 22.7 Å². The van der Waals surface area contributed by atoms with Gasteiger partial charge in [-0.05, 0) is 28.1 Å². The first-order chi connectivity index (χ1) is 5.65. The van der Waals surface area contributed by atoms with Gasteiger partial charge < -0.3 is 5.43 Å². The Labute approximate surface area is 76.8 Å². The lowest BCUT2D eigenvalue weighted by Crippen LogP contribution is -2.06. The lowest BCUT2D eigenvalue weighted by atomic mass is 10.3. The molecule has 0 spiro atoms. The first-order valence-corrected chi connectivity index (χ1v) is 3.85. The third-order valence-electron chi connectivity index (χ3n) is 1.31. The largest absolute Gasteiger partial charge is 0.324 e. The summed E-state index contributed by atoms with van der Waals surface area (Å²) in [6.45, 7) is 0. The van der Waals surface area contributed by atoms with Crippen molar-refractivity contribution in [3.8, 4) is 0 Å². The van der Waals surface area contributed by atoms with Crippen molar-refractivity contribution in [1.82, 2.24) is 0 Å². The van der Waals surface area contributed by atoms with E-state index in [1.165, 1.54) is 6.07 Å². The highest BCUT2D eigenvalue weighted by Crippen LogP contribution is 2.27. The zero-order chi connectivity index (χ0) is 9.14. The fourth-order valence-electron chi connectivity index (χ4n) is 0.742. The molecule has 3 N–H and O–H groups in total. The van der Waals surface area contributed by atoms with E-state index in [1.807, 2.05) is 0 Å². The van der Waals surface area contributed by atoms with E-state index in [9.17, 15) is 10.1 Å². The molecule has 5 nitrogen and oxygen atoms in total. The highest BCUT2D eigenvalue weighted by atomic mass is 79.9. The van der Waals surface area contributed by atoms with Crippen LogP contribution >= 0.6 is 15.9 Å². The number of nitro groups is 1. The average Bonchev–Trinajstić information content (AvgIpc) is 2.05. The molecule has 1 aromatic rings. The predicted molar refractivity (Wildman–Crippen MR) is 48.6 cm³/mol. The fourth-order valence-corrected chi connectivity index (χ4v) is 1.13. The Morgan fingerprint density at radius 3 is 2.75 bits per heavy atom. The number of nitrogens with one attached hydrogen (secondary N) is 1. The summed E-state index contributed by atoms with van der Waals surface area (Å²) in [6, 6.07) is 4.55. The van der Waals surface area contributed by atoms with Crippen LogP contribution in [0, 0.1) is 10.1 Å². The molecule has 0 heterocycles. The predicted octanol–water partition coefficient (Wildman–Crippen LogP) is 1.64. The van der Waals surface area contributed by atoms with Gasteiger partial charge in [-0.15, -0.1) is 0 Å². The van der Waals surface area contributed by atoms with Crippen LogP contribution < -0.4 is 11.3 Å². The second-order valence-electron chi connectivity index (χ2n) is 2.07. The van der Waals surface area contributed by atoms with E-state index in [-0.39, 0.29) is 5.69 Å². The second kappa shape index (κ2) is 3.51. The Bertz CT molecular complexity index is 316. The Hall–Kier alpha value is -1.14. The van der Waals surface area contributed by atoms with Crippen LogP contribution in [-0.2, 0) is 0 Å². The molecule has 0 radical (unpaired) electrons. The molecule has 6 heteroatoms. The van der Waals surface area contributed by atoms with Gasteiger partial charge in [0.1, 0.15) is 0 Å². The lowest BCUT2D eigenvalue weighted by Gasteiger charge is -1.99. The molecule has 0 aliphatic carbocycles. The van der Waals surface area contributed by atoms with Gasteiger partial charge in [0.25, 0.3) is 5.69 Å². The number of nitro benzene ring substituents is 1. The molecular weight excluding hydrogens is 226 g/mol. The average molecular weight is 232 g/mol. The zero-order valence-corrected chi connectivity index (χ0v) is 7.54. The van der Waals surface area contributed by atoms with Gasteiger partial charge in [0.05, 0.1) is 15.1 Å². The molecule has 1 rings (SSSR count). The molecule has 0 unspecified atom stereocenters. The highest BCUT2D eigenvalue weighted by Gasteiger charge is 2.11. The lowest BCUT2D eigenvalue weighted by molar-refractivity contribution is -0.385. The molecule has 0 aliphatic rings. The number of rotatable bonds is 2. The SMILES string of the molecule is NNc1ccc(Br)c([N+](=O)[O-])c1. The normalized spacial score (nSPS) is 9.50. The van der Waals surface area contributed by atoms with Crippen molar-refractivity contribution in [2.45, 2.75) is 0 Å². The number of hydrazine groups is 1. The second-order valence-corrected chi connectivity index (χ2v) is 2.92. The first-order valence-electron chi connectivity index (χ1n) is 3.05. The van der Waals surface area contributed by atoms with Gasteiger partial charge in [0.2, 0.25) is 0 Å². The third kappa shape index (κ3) is 1.72. The maximum atomic E-state index is 10.4. The van der Waals surface area contributed by atoms with Crippen molar-refractivity contribution in [3.05, 3.63) is 32.8 Å². The maximum absolute atomic E-state index is 10.4. The third-order valence-corrected chi connectivity index (χ3v) is 1.98. The highest BCUT2D eigenvalue weighted by molar-refractivity contribution is 9.10. The van der Waals surface area contributed by atoms with Gasteiger partial charge in [-0.25, -0.2) is 0 Å². The number of benzene rings is 1. The Morgan fingerprint density at radius 2 is 2.25 bits per heavy atom. The van der Waals surface area contributed by atoms with Gasteiger partial charge in [0, 0.05) is 6.07 Å². The molecule has 0 saturated heterocycles. The Balaban J connectivity index is 3.17.